The average molecular weight is 248 g/mol. The largest absolute Gasteiger partial charge is 0.454 e. The minimum Gasteiger partial charge on any atom is -0.454 e. The number of halogens is 1. The second-order valence-corrected chi connectivity index (χ2v) is 3.79. The first-order chi connectivity index (χ1) is 8.22. The number of hydrogen-bond donors (Lipinski definition) is 0. The van der Waals surface area contributed by atoms with E-state index in [1.165, 1.54) is 0 Å². The number of benzene rings is 1. The van der Waals surface area contributed by atoms with E-state index in [1.807, 2.05) is 13.0 Å². The molecule has 1 aromatic heterocycles. The van der Waals surface area contributed by atoms with Gasteiger partial charge in [0.05, 0.1) is 23.0 Å². The van der Waals surface area contributed by atoms with Crippen LogP contribution < -0.4 is 4.74 Å². The fourth-order valence-corrected chi connectivity index (χ4v) is 1.57. The molecule has 5 heteroatoms. The van der Waals surface area contributed by atoms with Gasteiger partial charge in [0, 0.05) is 12.6 Å². The highest BCUT2D eigenvalue weighted by Gasteiger charge is 2.04. The molecule has 0 unspecified atom stereocenters. The van der Waals surface area contributed by atoms with Crippen LogP contribution in [0.4, 0.5) is 0 Å². The summed E-state index contributed by atoms with van der Waals surface area (Å²) in [7, 11) is 0. The van der Waals surface area contributed by atoms with Crippen LogP contribution in [0.25, 0.3) is 0 Å². The molecule has 1 aromatic carbocycles. The molecule has 17 heavy (non-hydrogen) atoms. The maximum absolute atomic E-state index is 8.75. The highest BCUT2D eigenvalue weighted by Crippen LogP contribution is 2.26. The fraction of sp³-hybridized carbons (Fsp3) is 0.167. The molecule has 0 spiro atoms. The molecular formula is C12H10ClN3O. The van der Waals surface area contributed by atoms with Crippen molar-refractivity contribution in [2.24, 2.45) is 0 Å². The molecule has 0 amide bonds. The van der Waals surface area contributed by atoms with E-state index in [0.29, 0.717) is 22.1 Å². The summed E-state index contributed by atoms with van der Waals surface area (Å²) in [6.07, 6.45) is 3.43. The van der Waals surface area contributed by atoms with Crippen molar-refractivity contribution >= 4 is 11.6 Å². The smallest absolute Gasteiger partial charge is 0.165 e. The minimum atomic E-state index is 0.382. The summed E-state index contributed by atoms with van der Waals surface area (Å²) in [6.45, 7) is 2.78. The Bertz CT molecular complexity index is 571. The lowest BCUT2D eigenvalue weighted by Crippen LogP contribution is -1.92. The topological polar surface area (TPSA) is 50.8 Å². The van der Waals surface area contributed by atoms with Gasteiger partial charge in [-0.25, -0.2) is 0 Å². The summed E-state index contributed by atoms with van der Waals surface area (Å²) in [5.74, 6) is 1.23. The van der Waals surface area contributed by atoms with Gasteiger partial charge in [-0.3, -0.25) is 4.68 Å². The summed E-state index contributed by atoms with van der Waals surface area (Å²) in [5, 5.41) is 13.2. The first-order valence-corrected chi connectivity index (χ1v) is 5.50. The van der Waals surface area contributed by atoms with Gasteiger partial charge in [0.25, 0.3) is 0 Å². The molecule has 2 aromatic rings. The Kier molecular flexibility index (Phi) is 3.31. The molecule has 0 saturated carbocycles. The number of hydrogen-bond acceptors (Lipinski definition) is 3. The first-order valence-electron chi connectivity index (χ1n) is 5.13. The van der Waals surface area contributed by atoms with Crippen molar-refractivity contribution in [3.8, 4) is 17.6 Å². The van der Waals surface area contributed by atoms with Gasteiger partial charge in [0.1, 0.15) is 11.8 Å². The third-order valence-electron chi connectivity index (χ3n) is 2.23. The van der Waals surface area contributed by atoms with Crippen LogP contribution in [0.2, 0.25) is 5.02 Å². The van der Waals surface area contributed by atoms with E-state index in [-0.39, 0.29) is 0 Å². The van der Waals surface area contributed by atoms with Crippen LogP contribution in [0.5, 0.6) is 11.5 Å². The van der Waals surface area contributed by atoms with Crippen LogP contribution in [-0.2, 0) is 6.54 Å². The Morgan fingerprint density at radius 2 is 2.29 bits per heavy atom. The maximum Gasteiger partial charge on any atom is 0.165 e. The SMILES string of the molecule is CCn1cc(Oc2ccc(C#N)c(Cl)c2)cn1. The zero-order chi connectivity index (χ0) is 12.3. The van der Waals surface area contributed by atoms with Crippen LogP contribution in [-0.4, -0.2) is 9.78 Å². The molecule has 86 valence electrons. The zero-order valence-electron chi connectivity index (χ0n) is 9.22. The minimum absolute atomic E-state index is 0.382. The van der Waals surface area contributed by atoms with Gasteiger partial charge in [-0.05, 0) is 19.1 Å². The van der Waals surface area contributed by atoms with Crippen molar-refractivity contribution in [2.45, 2.75) is 13.5 Å². The number of nitrogens with zero attached hydrogens (tertiary/aromatic N) is 3. The molecule has 2 rings (SSSR count). The lowest BCUT2D eigenvalue weighted by molar-refractivity contribution is 0.481. The number of aryl methyl sites for hydroxylation is 1. The van der Waals surface area contributed by atoms with E-state index in [0.717, 1.165) is 6.54 Å². The van der Waals surface area contributed by atoms with Crippen molar-refractivity contribution < 1.29 is 4.74 Å². The fourth-order valence-electron chi connectivity index (χ4n) is 1.36. The number of rotatable bonds is 3. The molecule has 0 bridgehead atoms. The van der Waals surface area contributed by atoms with Crippen LogP contribution in [0, 0.1) is 11.3 Å². The van der Waals surface area contributed by atoms with Gasteiger partial charge < -0.3 is 4.74 Å². The van der Waals surface area contributed by atoms with Crippen LogP contribution in [0.1, 0.15) is 12.5 Å². The van der Waals surface area contributed by atoms with Crippen LogP contribution in [0.15, 0.2) is 30.6 Å². The summed E-state index contributed by atoms with van der Waals surface area (Å²) in [5.41, 5.74) is 0.434. The monoisotopic (exact) mass is 247 g/mol. The summed E-state index contributed by atoms with van der Waals surface area (Å²) >= 11 is 5.90. The number of ether oxygens (including phenoxy) is 1. The Hall–Kier alpha value is -1.99. The van der Waals surface area contributed by atoms with Gasteiger partial charge in [-0.1, -0.05) is 11.6 Å². The van der Waals surface area contributed by atoms with Crippen LogP contribution in [0.3, 0.4) is 0 Å². The molecule has 0 fully saturated rings. The van der Waals surface area contributed by atoms with Crippen molar-refractivity contribution in [1.29, 1.82) is 5.26 Å². The van der Waals surface area contributed by atoms with Gasteiger partial charge in [0.2, 0.25) is 0 Å². The quantitative estimate of drug-likeness (QED) is 0.837. The molecule has 0 aliphatic heterocycles. The lowest BCUT2D eigenvalue weighted by atomic mass is 10.2. The van der Waals surface area contributed by atoms with Crippen molar-refractivity contribution in [3.63, 3.8) is 0 Å². The van der Waals surface area contributed by atoms with Gasteiger partial charge in [-0.15, -0.1) is 0 Å². The summed E-state index contributed by atoms with van der Waals surface area (Å²) < 4.78 is 7.33. The van der Waals surface area contributed by atoms with E-state index >= 15 is 0 Å². The molecule has 0 N–H and O–H groups in total. The highest BCUT2D eigenvalue weighted by atomic mass is 35.5. The Morgan fingerprint density at radius 3 is 2.88 bits per heavy atom. The Balaban J connectivity index is 2.19. The van der Waals surface area contributed by atoms with Gasteiger partial charge in [0.15, 0.2) is 5.75 Å². The first kappa shape index (κ1) is 11.5. The molecule has 0 saturated heterocycles. The van der Waals surface area contributed by atoms with Gasteiger partial charge in [-0.2, -0.15) is 10.4 Å². The third kappa shape index (κ3) is 2.58. The van der Waals surface area contributed by atoms with Crippen molar-refractivity contribution in [2.75, 3.05) is 0 Å². The molecule has 1 heterocycles. The van der Waals surface area contributed by atoms with Crippen molar-refractivity contribution in [3.05, 3.63) is 41.2 Å². The highest BCUT2D eigenvalue weighted by molar-refractivity contribution is 6.31. The zero-order valence-corrected chi connectivity index (χ0v) is 9.98. The average Bonchev–Trinajstić information content (AvgIpc) is 2.77. The summed E-state index contributed by atoms with van der Waals surface area (Å²) in [4.78, 5) is 0. The molecule has 0 atom stereocenters. The Labute approximate surface area is 104 Å². The van der Waals surface area contributed by atoms with Crippen molar-refractivity contribution in [1.82, 2.24) is 9.78 Å². The standard InChI is InChI=1S/C12H10ClN3O/c1-2-16-8-11(7-15-16)17-10-4-3-9(6-14)12(13)5-10/h3-5,7-8H,2H2,1H3. The third-order valence-corrected chi connectivity index (χ3v) is 2.54. The number of nitriles is 1. The van der Waals surface area contributed by atoms with E-state index in [2.05, 4.69) is 5.10 Å². The second-order valence-electron chi connectivity index (χ2n) is 3.39. The second kappa shape index (κ2) is 4.89. The van der Waals surface area contributed by atoms with E-state index in [9.17, 15) is 0 Å². The van der Waals surface area contributed by atoms with E-state index < -0.39 is 0 Å². The molecule has 4 nitrogen and oxygen atoms in total. The lowest BCUT2D eigenvalue weighted by Gasteiger charge is -2.03. The normalized spacial score (nSPS) is 9.94. The Morgan fingerprint density at radius 1 is 1.47 bits per heavy atom. The van der Waals surface area contributed by atoms with E-state index in [4.69, 9.17) is 21.6 Å². The maximum atomic E-state index is 8.75. The predicted octanol–water partition coefficient (Wildman–Crippen LogP) is 3.22. The van der Waals surface area contributed by atoms with Gasteiger partial charge >= 0.3 is 0 Å². The molecule has 0 radical (unpaired) electrons. The molecule has 0 aliphatic rings. The number of aromatic nitrogens is 2. The molecule has 0 aliphatic carbocycles. The van der Waals surface area contributed by atoms with Crippen LogP contribution >= 0.6 is 11.6 Å². The predicted molar refractivity (Wildman–Crippen MR) is 64.1 cm³/mol. The molecular weight excluding hydrogens is 238 g/mol. The van der Waals surface area contributed by atoms with E-state index in [1.54, 1.807) is 35.3 Å². The summed E-state index contributed by atoms with van der Waals surface area (Å²) in [6, 6.07) is 6.94.